The van der Waals surface area contributed by atoms with E-state index in [0.29, 0.717) is 5.56 Å². The summed E-state index contributed by atoms with van der Waals surface area (Å²) >= 11 is 0. The Kier molecular flexibility index (Phi) is 6.23. The van der Waals surface area contributed by atoms with Gasteiger partial charge in [0.05, 0.1) is 11.8 Å². The van der Waals surface area contributed by atoms with Gasteiger partial charge < -0.3 is 5.21 Å². The molecule has 0 saturated heterocycles. The van der Waals surface area contributed by atoms with Crippen LogP contribution in [0.1, 0.15) is 47.8 Å². The molecule has 0 fully saturated rings. The monoisotopic (exact) mass is 391 g/mol. The molecule has 0 aromatic heterocycles. The predicted molar refractivity (Wildman–Crippen MR) is 101 cm³/mol. The summed E-state index contributed by atoms with van der Waals surface area (Å²) in [5.74, 6) is -0.545. The molecule has 148 valence electrons. The molecule has 0 aliphatic carbocycles. The van der Waals surface area contributed by atoms with Crippen LogP contribution < -0.4 is 5.43 Å². The fourth-order valence-electron chi connectivity index (χ4n) is 2.37. The number of nitrogens with zero attached hydrogens (tertiary/aromatic N) is 2. The van der Waals surface area contributed by atoms with E-state index in [2.05, 4.69) is 15.7 Å². The molecule has 0 aliphatic heterocycles. The minimum atomic E-state index is -4.53. The maximum atomic E-state index is 12.9. The summed E-state index contributed by atoms with van der Waals surface area (Å²) < 4.78 is 38.6. The summed E-state index contributed by atoms with van der Waals surface area (Å²) in [5, 5.41) is 15.4. The molecule has 0 radical (unpaired) electrons. The first kappa shape index (κ1) is 21.1. The maximum Gasteiger partial charge on any atom is 0.416 e. The van der Waals surface area contributed by atoms with Gasteiger partial charge in [0.15, 0.2) is 0 Å². The second kappa shape index (κ2) is 8.24. The van der Waals surface area contributed by atoms with Crippen molar-refractivity contribution in [2.24, 2.45) is 10.3 Å². The summed E-state index contributed by atoms with van der Waals surface area (Å²) in [6.45, 7) is 6.13. The van der Waals surface area contributed by atoms with Gasteiger partial charge in [-0.2, -0.15) is 18.3 Å². The number of carbonyl (C=O) groups excluding carboxylic acids is 1. The van der Waals surface area contributed by atoms with E-state index in [1.165, 1.54) is 12.1 Å². The van der Waals surface area contributed by atoms with Crippen molar-refractivity contribution in [2.75, 3.05) is 0 Å². The van der Waals surface area contributed by atoms with Gasteiger partial charge in [-0.25, -0.2) is 5.43 Å². The van der Waals surface area contributed by atoms with E-state index in [0.717, 1.165) is 23.9 Å². The molecule has 0 aliphatic rings. The molecule has 0 spiro atoms. The van der Waals surface area contributed by atoms with Crippen LogP contribution in [-0.2, 0) is 11.6 Å². The second-order valence-electron chi connectivity index (χ2n) is 7.09. The molecule has 0 heterocycles. The zero-order valence-corrected chi connectivity index (χ0v) is 15.6. The summed E-state index contributed by atoms with van der Waals surface area (Å²) in [6, 6.07) is 11.2. The first-order valence-corrected chi connectivity index (χ1v) is 8.36. The van der Waals surface area contributed by atoms with Crippen LogP contribution in [0.3, 0.4) is 0 Å². The third-order valence-electron chi connectivity index (χ3n) is 3.96. The van der Waals surface area contributed by atoms with Crippen molar-refractivity contribution in [3.63, 3.8) is 0 Å². The summed E-state index contributed by atoms with van der Waals surface area (Å²) in [6.07, 6.45) is -3.69. The van der Waals surface area contributed by atoms with Crippen LogP contribution in [0.15, 0.2) is 58.8 Å². The lowest BCUT2D eigenvalue weighted by molar-refractivity contribution is -0.137. The van der Waals surface area contributed by atoms with Crippen molar-refractivity contribution >= 4 is 17.8 Å². The number of alkyl halides is 3. The minimum absolute atomic E-state index is 0.0380. The van der Waals surface area contributed by atoms with Crippen LogP contribution in [0.5, 0.6) is 0 Å². The van der Waals surface area contributed by atoms with Crippen molar-refractivity contribution < 1.29 is 23.2 Å². The number of oxime groups is 1. The molecule has 28 heavy (non-hydrogen) atoms. The minimum Gasteiger partial charge on any atom is -0.411 e. The Labute approximate surface area is 160 Å². The first-order valence-electron chi connectivity index (χ1n) is 8.36. The van der Waals surface area contributed by atoms with Gasteiger partial charge in [-0.15, -0.1) is 0 Å². The quantitative estimate of drug-likeness (QED) is 0.454. The molecule has 0 bridgehead atoms. The third kappa shape index (κ3) is 5.42. The number of hydrogen-bond acceptors (Lipinski definition) is 4. The van der Waals surface area contributed by atoms with E-state index in [4.69, 9.17) is 5.21 Å². The van der Waals surface area contributed by atoms with Crippen LogP contribution >= 0.6 is 0 Å². The highest BCUT2D eigenvalue weighted by molar-refractivity contribution is 6.38. The zero-order valence-electron chi connectivity index (χ0n) is 15.6. The molecule has 8 heteroatoms. The zero-order chi connectivity index (χ0) is 20.9. The van der Waals surface area contributed by atoms with E-state index in [-0.39, 0.29) is 16.7 Å². The summed E-state index contributed by atoms with van der Waals surface area (Å²) in [5.41, 5.74) is 2.60. The van der Waals surface area contributed by atoms with Gasteiger partial charge in [0.2, 0.25) is 0 Å². The highest BCUT2D eigenvalue weighted by atomic mass is 19.4. The van der Waals surface area contributed by atoms with Gasteiger partial charge in [0.1, 0.15) is 5.71 Å². The van der Waals surface area contributed by atoms with E-state index < -0.39 is 17.6 Å². The molecule has 5 nitrogen and oxygen atoms in total. The number of hydrogen-bond donors (Lipinski definition) is 2. The average Bonchev–Trinajstić information content (AvgIpc) is 2.63. The second-order valence-corrected chi connectivity index (χ2v) is 7.09. The van der Waals surface area contributed by atoms with Crippen molar-refractivity contribution in [3.8, 4) is 0 Å². The largest absolute Gasteiger partial charge is 0.416 e. The van der Waals surface area contributed by atoms with Crippen LogP contribution in [0.25, 0.3) is 0 Å². The van der Waals surface area contributed by atoms with Gasteiger partial charge in [0.25, 0.3) is 5.91 Å². The van der Waals surface area contributed by atoms with Crippen molar-refractivity contribution in [3.05, 3.63) is 70.8 Å². The molecule has 0 atom stereocenters. The molecular formula is C20H20F3N3O2. The fraction of sp³-hybridized carbons (Fsp3) is 0.250. The van der Waals surface area contributed by atoms with Gasteiger partial charge in [0, 0.05) is 11.1 Å². The number of carbonyl (C=O) groups is 1. The Morgan fingerprint density at radius 1 is 1.00 bits per heavy atom. The van der Waals surface area contributed by atoms with E-state index in [1.54, 1.807) is 12.1 Å². The normalized spacial score (nSPS) is 13.0. The van der Waals surface area contributed by atoms with Crippen molar-refractivity contribution in [2.45, 2.75) is 32.4 Å². The number of nitrogens with one attached hydrogen (secondary N) is 1. The van der Waals surface area contributed by atoms with Gasteiger partial charge in [-0.3, -0.25) is 4.79 Å². The molecular weight excluding hydrogens is 371 g/mol. The molecule has 0 saturated carbocycles. The number of rotatable bonds is 4. The van der Waals surface area contributed by atoms with Crippen LogP contribution in [0, 0.1) is 0 Å². The van der Waals surface area contributed by atoms with Gasteiger partial charge in [-0.1, -0.05) is 50.2 Å². The Balaban J connectivity index is 2.24. The van der Waals surface area contributed by atoms with Crippen LogP contribution in [0.4, 0.5) is 13.2 Å². The number of benzene rings is 2. The smallest absolute Gasteiger partial charge is 0.411 e. The predicted octanol–water partition coefficient (Wildman–Crippen LogP) is 4.60. The first-order chi connectivity index (χ1) is 13.0. The molecule has 0 unspecified atom stereocenters. The fourth-order valence-corrected chi connectivity index (χ4v) is 2.37. The molecule has 2 aromatic rings. The van der Waals surface area contributed by atoms with E-state index in [1.807, 2.05) is 32.9 Å². The highest BCUT2D eigenvalue weighted by Crippen LogP contribution is 2.29. The van der Waals surface area contributed by atoms with Crippen LogP contribution in [-0.4, -0.2) is 23.0 Å². The summed E-state index contributed by atoms with van der Waals surface area (Å²) in [4.78, 5) is 12.3. The average molecular weight is 391 g/mol. The lowest BCUT2D eigenvalue weighted by Gasteiger charge is -2.18. The van der Waals surface area contributed by atoms with Crippen LogP contribution in [0.2, 0.25) is 0 Å². The molecule has 2 N–H and O–H groups in total. The van der Waals surface area contributed by atoms with Gasteiger partial charge >= 0.3 is 6.18 Å². The van der Waals surface area contributed by atoms with E-state index in [9.17, 15) is 18.0 Å². The van der Waals surface area contributed by atoms with Gasteiger partial charge in [-0.05, 0) is 35.2 Å². The number of halogens is 3. The SMILES string of the molecule is CC(C)(C)c1ccc(C(=O)N/N=C(\C=N\O)c2cccc(C(F)(F)F)c2)cc1. The lowest BCUT2D eigenvalue weighted by atomic mass is 9.87. The molecule has 1 amide bonds. The topological polar surface area (TPSA) is 74.0 Å². The van der Waals surface area contributed by atoms with Crippen molar-refractivity contribution in [1.82, 2.24) is 5.43 Å². The number of amides is 1. The molecule has 2 rings (SSSR count). The Morgan fingerprint density at radius 2 is 1.64 bits per heavy atom. The third-order valence-corrected chi connectivity index (χ3v) is 3.96. The Hall–Kier alpha value is -3.16. The standard InChI is InChI=1S/C20H20F3N3O2/c1-19(2,3)15-9-7-13(8-10-15)18(27)26-25-17(12-24-28)14-5-4-6-16(11-14)20(21,22)23/h4-12,28H,1-3H3,(H,26,27)/b24-12+,25-17+. The molecule has 2 aromatic carbocycles. The van der Waals surface area contributed by atoms with Crippen molar-refractivity contribution in [1.29, 1.82) is 0 Å². The Morgan fingerprint density at radius 3 is 2.18 bits per heavy atom. The number of hydrazone groups is 1. The highest BCUT2D eigenvalue weighted by Gasteiger charge is 2.30. The lowest BCUT2D eigenvalue weighted by Crippen LogP contribution is -2.21. The Bertz CT molecular complexity index is 896. The van der Waals surface area contributed by atoms with E-state index >= 15 is 0 Å². The summed E-state index contributed by atoms with van der Waals surface area (Å²) in [7, 11) is 0. The maximum absolute atomic E-state index is 12.9.